The second-order valence-corrected chi connectivity index (χ2v) is 5.36. The van der Waals surface area contributed by atoms with Crippen LogP contribution >= 0.6 is 0 Å². The number of esters is 1. The number of ether oxygens (including phenoxy) is 1. The molecule has 0 saturated carbocycles. The van der Waals surface area contributed by atoms with E-state index in [9.17, 15) is 4.79 Å². The highest BCUT2D eigenvalue weighted by atomic mass is 16.5. The molecule has 98 valence electrons. The Hall–Kier alpha value is -0.610. The van der Waals surface area contributed by atoms with Gasteiger partial charge in [0.25, 0.3) is 0 Å². The molecule has 0 aromatic carbocycles. The molecule has 0 aliphatic carbocycles. The van der Waals surface area contributed by atoms with Crippen LogP contribution in [0.1, 0.15) is 39.5 Å². The standard InChI is InChI=1S/C13H24N2O2/c1-10(2)17-13(16)12-4-3-9-15(12)11-5-7-14-8-6-11/h10-12,14H,3-9H2,1-2H3. The molecule has 0 bridgehead atoms. The van der Waals surface area contributed by atoms with Gasteiger partial charge in [-0.2, -0.15) is 0 Å². The smallest absolute Gasteiger partial charge is 0.323 e. The Morgan fingerprint density at radius 1 is 1.29 bits per heavy atom. The number of piperidine rings is 1. The molecule has 0 amide bonds. The number of hydrogen-bond acceptors (Lipinski definition) is 4. The normalized spacial score (nSPS) is 27.6. The molecule has 2 aliphatic heterocycles. The van der Waals surface area contributed by atoms with E-state index in [1.54, 1.807) is 0 Å². The van der Waals surface area contributed by atoms with Crippen molar-refractivity contribution in [3.63, 3.8) is 0 Å². The predicted octanol–water partition coefficient (Wildman–Crippen LogP) is 1.15. The van der Waals surface area contributed by atoms with Gasteiger partial charge < -0.3 is 10.1 Å². The predicted molar refractivity (Wildman–Crippen MR) is 66.8 cm³/mol. The number of hydrogen-bond donors (Lipinski definition) is 1. The van der Waals surface area contributed by atoms with E-state index in [0.717, 1.165) is 45.3 Å². The lowest BCUT2D eigenvalue weighted by Crippen LogP contribution is -2.48. The molecule has 0 spiro atoms. The summed E-state index contributed by atoms with van der Waals surface area (Å²) < 4.78 is 5.36. The van der Waals surface area contributed by atoms with Crippen LogP contribution in [0, 0.1) is 0 Å². The van der Waals surface area contributed by atoms with Crippen molar-refractivity contribution in [3.8, 4) is 0 Å². The second kappa shape index (κ2) is 5.83. The quantitative estimate of drug-likeness (QED) is 0.752. The molecular weight excluding hydrogens is 216 g/mol. The van der Waals surface area contributed by atoms with Crippen molar-refractivity contribution in [2.24, 2.45) is 0 Å². The molecule has 2 saturated heterocycles. The third kappa shape index (κ3) is 3.19. The Morgan fingerprint density at radius 3 is 2.65 bits per heavy atom. The van der Waals surface area contributed by atoms with Crippen LogP contribution in [0.2, 0.25) is 0 Å². The van der Waals surface area contributed by atoms with Crippen molar-refractivity contribution in [1.29, 1.82) is 0 Å². The van der Waals surface area contributed by atoms with E-state index in [1.807, 2.05) is 13.8 Å². The average Bonchev–Trinajstić information content (AvgIpc) is 2.78. The van der Waals surface area contributed by atoms with E-state index in [-0.39, 0.29) is 18.1 Å². The Morgan fingerprint density at radius 2 is 2.00 bits per heavy atom. The van der Waals surface area contributed by atoms with Gasteiger partial charge in [0.05, 0.1) is 6.10 Å². The van der Waals surface area contributed by atoms with Gasteiger partial charge in [0, 0.05) is 6.04 Å². The highest BCUT2D eigenvalue weighted by Gasteiger charge is 2.36. The van der Waals surface area contributed by atoms with Gasteiger partial charge in [-0.05, 0) is 59.2 Å². The SMILES string of the molecule is CC(C)OC(=O)C1CCCN1C1CCNCC1. The first-order valence-corrected chi connectivity index (χ1v) is 6.85. The summed E-state index contributed by atoms with van der Waals surface area (Å²) in [6.07, 6.45) is 4.41. The summed E-state index contributed by atoms with van der Waals surface area (Å²) in [6, 6.07) is 0.587. The Kier molecular flexibility index (Phi) is 4.40. The lowest BCUT2D eigenvalue weighted by molar-refractivity contribution is -0.153. The molecule has 0 aromatic rings. The zero-order valence-electron chi connectivity index (χ0n) is 10.9. The monoisotopic (exact) mass is 240 g/mol. The van der Waals surface area contributed by atoms with E-state index in [1.165, 1.54) is 0 Å². The Bertz CT molecular complexity index is 262. The number of carbonyl (C=O) groups is 1. The number of nitrogens with one attached hydrogen (secondary N) is 1. The molecular formula is C13H24N2O2. The third-order valence-corrected chi connectivity index (χ3v) is 3.70. The molecule has 4 heteroatoms. The second-order valence-electron chi connectivity index (χ2n) is 5.36. The topological polar surface area (TPSA) is 41.6 Å². The maximum absolute atomic E-state index is 12.0. The van der Waals surface area contributed by atoms with Gasteiger partial charge in [0.1, 0.15) is 6.04 Å². The highest BCUT2D eigenvalue weighted by molar-refractivity contribution is 5.76. The van der Waals surface area contributed by atoms with E-state index < -0.39 is 0 Å². The van der Waals surface area contributed by atoms with Gasteiger partial charge in [0.15, 0.2) is 0 Å². The van der Waals surface area contributed by atoms with Gasteiger partial charge in [-0.3, -0.25) is 9.69 Å². The maximum atomic E-state index is 12.0. The first-order valence-electron chi connectivity index (χ1n) is 6.85. The lowest BCUT2D eigenvalue weighted by atomic mass is 10.0. The number of likely N-dealkylation sites (tertiary alicyclic amines) is 1. The Labute approximate surface area is 104 Å². The van der Waals surface area contributed by atoms with Crippen LogP contribution in [0.15, 0.2) is 0 Å². The third-order valence-electron chi connectivity index (χ3n) is 3.70. The summed E-state index contributed by atoms with van der Waals surface area (Å²) in [5, 5.41) is 3.37. The molecule has 17 heavy (non-hydrogen) atoms. The van der Waals surface area contributed by atoms with Crippen LogP contribution < -0.4 is 5.32 Å². The Balaban J connectivity index is 1.93. The van der Waals surface area contributed by atoms with Crippen LogP contribution in [0.3, 0.4) is 0 Å². The zero-order chi connectivity index (χ0) is 12.3. The first kappa shape index (κ1) is 12.8. The number of rotatable bonds is 3. The van der Waals surface area contributed by atoms with Gasteiger partial charge in [-0.1, -0.05) is 0 Å². The molecule has 2 rings (SSSR count). The number of carbonyl (C=O) groups excluding carboxylic acids is 1. The molecule has 4 nitrogen and oxygen atoms in total. The van der Waals surface area contributed by atoms with Crippen LogP contribution in [-0.2, 0) is 9.53 Å². The summed E-state index contributed by atoms with van der Waals surface area (Å²) in [6.45, 7) is 7.05. The summed E-state index contributed by atoms with van der Waals surface area (Å²) in [4.78, 5) is 14.4. The van der Waals surface area contributed by atoms with Gasteiger partial charge in [0.2, 0.25) is 0 Å². The average molecular weight is 240 g/mol. The van der Waals surface area contributed by atoms with Crippen molar-refractivity contribution >= 4 is 5.97 Å². The van der Waals surface area contributed by atoms with Crippen LogP contribution in [-0.4, -0.2) is 48.7 Å². The van der Waals surface area contributed by atoms with E-state index in [0.29, 0.717) is 6.04 Å². The van der Waals surface area contributed by atoms with Crippen LogP contribution in [0.5, 0.6) is 0 Å². The fourth-order valence-electron chi connectivity index (χ4n) is 2.93. The fourth-order valence-corrected chi connectivity index (χ4v) is 2.93. The summed E-state index contributed by atoms with van der Waals surface area (Å²) in [7, 11) is 0. The van der Waals surface area contributed by atoms with Crippen molar-refractivity contribution < 1.29 is 9.53 Å². The molecule has 1 N–H and O–H groups in total. The molecule has 1 atom stereocenters. The highest BCUT2D eigenvalue weighted by Crippen LogP contribution is 2.25. The zero-order valence-corrected chi connectivity index (χ0v) is 10.9. The first-order chi connectivity index (χ1) is 8.18. The summed E-state index contributed by atoms with van der Waals surface area (Å²) in [5.74, 6) is -0.0176. The fraction of sp³-hybridized carbons (Fsp3) is 0.923. The summed E-state index contributed by atoms with van der Waals surface area (Å²) >= 11 is 0. The molecule has 1 unspecified atom stereocenters. The van der Waals surface area contributed by atoms with E-state index >= 15 is 0 Å². The van der Waals surface area contributed by atoms with Crippen molar-refractivity contribution in [1.82, 2.24) is 10.2 Å². The van der Waals surface area contributed by atoms with Gasteiger partial charge in [-0.15, -0.1) is 0 Å². The van der Waals surface area contributed by atoms with Crippen LogP contribution in [0.25, 0.3) is 0 Å². The van der Waals surface area contributed by atoms with Gasteiger partial charge in [-0.25, -0.2) is 0 Å². The molecule has 0 aromatic heterocycles. The lowest BCUT2D eigenvalue weighted by Gasteiger charge is -2.34. The summed E-state index contributed by atoms with van der Waals surface area (Å²) in [5.41, 5.74) is 0. The van der Waals surface area contributed by atoms with Gasteiger partial charge >= 0.3 is 5.97 Å². The van der Waals surface area contributed by atoms with E-state index in [2.05, 4.69) is 10.2 Å². The maximum Gasteiger partial charge on any atom is 0.323 e. The molecule has 2 heterocycles. The van der Waals surface area contributed by atoms with Crippen molar-refractivity contribution in [2.45, 2.75) is 57.7 Å². The molecule has 2 fully saturated rings. The minimum atomic E-state index is -0.0176. The molecule has 0 radical (unpaired) electrons. The van der Waals surface area contributed by atoms with Crippen molar-refractivity contribution in [2.75, 3.05) is 19.6 Å². The van der Waals surface area contributed by atoms with Crippen molar-refractivity contribution in [3.05, 3.63) is 0 Å². The minimum Gasteiger partial charge on any atom is -0.462 e. The largest absolute Gasteiger partial charge is 0.462 e. The van der Waals surface area contributed by atoms with Crippen LogP contribution in [0.4, 0.5) is 0 Å². The molecule has 2 aliphatic rings. The van der Waals surface area contributed by atoms with E-state index in [4.69, 9.17) is 4.74 Å². The number of nitrogens with zero attached hydrogens (tertiary/aromatic N) is 1. The minimum absolute atomic E-state index is 0.00188.